The number of hydrogen-bond donors (Lipinski definition) is 2. The molecule has 1 amide bonds. The third kappa shape index (κ3) is 7.97. The standard InChI is InChI=1S/C30H40N8O2/c1-20(2)22-15-28(37-34-19-22)36-27-7-6-25-26(35-27)14-23(18-33-25)24(16-31)17-32-11-8-21-9-12-38(13-10-21)29(39)40-30(3,4)5/h6-7,14-21H,8-13,31H2,1-5H3,(H,35,36,37). The quantitative estimate of drug-likeness (QED) is 0.346. The molecule has 1 aliphatic heterocycles. The first-order valence-electron chi connectivity index (χ1n) is 13.9. The number of ether oxygens (including phenoxy) is 1. The number of nitrogens with zero attached hydrogens (tertiary/aromatic N) is 6. The van der Waals surface area contributed by atoms with E-state index in [1.54, 1.807) is 29.7 Å². The van der Waals surface area contributed by atoms with Crippen molar-refractivity contribution >= 4 is 40.6 Å². The zero-order valence-electron chi connectivity index (χ0n) is 24.1. The molecule has 0 saturated carbocycles. The fourth-order valence-corrected chi connectivity index (χ4v) is 4.49. The van der Waals surface area contributed by atoms with Gasteiger partial charge in [-0.1, -0.05) is 13.8 Å². The maximum absolute atomic E-state index is 12.3. The summed E-state index contributed by atoms with van der Waals surface area (Å²) < 4.78 is 5.49. The van der Waals surface area contributed by atoms with Crippen LogP contribution in [0.2, 0.25) is 0 Å². The van der Waals surface area contributed by atoms with Crippen LogP contribution in [0.25, 0.3) is 16.6 Å². The first-order valence-corrected chi connectivity index (χ1v) is 13.9. The van der Waals surface area contributed by atoms with E-state index < -0.39 is 5.60 Å². The van der Waals surface area contributed by atoms with Gasteiger partial charge in [0.05, 0.1) is 17.2 Å². The van der Waals surface area contributed by atoms with Crippen molar-refractivity contribution < 1.29 is 9.53 Å². The maximum atomic E-state index is 12.3. The molecule has 0 aromatic carbocycles. The van der Waals surface area contributed by atoms with Gasteiger partial charge in [0.15, 0.2) is 5.82 Å². The summed E-state index contributed by atoms with van der Waals surface area (Å²) in [6, 6.07) is 7.73. The Kier molecular flexibility index (Phi) is 9.29. The summed E-state index contributed by atoms with van der Waals surface area (Å²) in [6.45, 7) is 12.0. The van der Waals surface area contributed by atoms with Crippen LogP contribution in [0.3, 0.4) is 0 Å². The zero-order chi connectivity index (χ0) is 28.7. The molecule has 0 atom stereocenters. The third-order valence-corrected chi connectivity index (χ3v) is 6.81. The highest BCUT2D eigenvalue weighted by atomic mass is 16.6. The third-order valence-electron chi connectivity index (χ3n) is 6.81. The van der Waals surface area contributed by atoms with Gasteiger partial charge < -0.3 is 20.7 Å². The number of likely N-dealkylation sites (tertiary alicyclic amines) is 1. The highest BCUT2D eigenvalue weighted by Crippen LogP contribution is 2.24. The molecular weight excluding hydrogens is 504 g/mol. The van der Waals surface area contributed by atoms with Gasteiger partial charge in [0.25, 0.3) is 0 Å². The van der Waals surface area contributed by atoms with Crippen LogP contribution in [0, 0.1) is 5.92 Å². The number of piperidine rings is 1. The van der Waals surface area contributed by atoms with Gasteiger partial charge in [-0.25, -0.2) is 9.78 Å². The molecule has 0 spiro atoms. The number of aliphatic imine (C=N–C) groups is 1. The lowest BCUT2D eigenvalue weighted by molar-refractivity contribution is 0.0182. The fraction of sp³-hybridized carbons (Fsp3) is 0.467. The summed E-state index contributed by atoms with van der Waals surface area (Å²) in [6.07, 6.45) is 9.55. The molecule has 212 valence electrons. The van der Waals surface area contributed by atoms with Gasteiger partial charge in [-0.3, -0.25) is 9.98 Å². The number of nitrogens with one attached hydrogen (secondary N) is 1. The number of allylic oxidation sites excluding steroid dienone is 1. The minimum atomic E-state index is -0.470. The summed E-state index contributed by atoms with van der Waals surface area (Å²) in [5, 5.41) is 11.5. The topological polar surface area (TPSA) is 132 Å². The first kappa shape index (κ1) is 28.9. The number of rotatable bonds is 8. The smallest absolute Gasteiger partial charge is 0.410 e. The Morgan fingerprint density at radius 3 is 2.65 bits per heavy atom. The van der Waals surface area contributed by atoms with Crippen molar-refractivity contribution in [1.29, 1.82) is 0 Å². The zero-order valence-corrected chi connectivity index (χ0v) is 24.1. The first-order chi connectivity index (χ1) is 19.1. The lowest BCUT2D eigenvalue weighted by Gasteiger charge is -2.33. The van der Waals surface area contributed by atoms with E-state index in [0.717, 1.165) is 60.1 Å². The van der Waals surface area contributed by atoms with Crippen LogP contribution >= 0.6 is 0 Å². The van der Waals surface area contributed by atoms with E-state index in [0.29, 0.717) is 30.0 Å². The molecule has 0 bridgehead atoms. The predicted molar refractivity (Wildman–Crippen MR) is 160 cm³/mol. The van der Waals surface area contributed by atoms with Crippen molar-refractivity contribution in [3.05, 3.63) is 54.0 Å². The largest absolute Gasteiger partial charge is 0.444 e. The Hall–Kier alpha value is -4.08. The van der Waals surface area contributed by atoms with E-state index in [1.807, 2.05) is 45.0 Å². The van der Waals surface area contributed by atoms with E-state index in [9.17, 15) is 4.79 Å². The Morgan fingerprint density at radius 2 is 1.95 bits per heavy atom. The van der Waals surface area contributed by atoms with Crippen LogP contribution in [0.4, 0.5) is 16.4 Å². The van der Waals surface area contributed by atoms with Crippen molar-refractivity contribution in [1.82, 2.24) is 25.1 Å². The summed E-state index contributed by atoms with van der Waals surface area (Å²) in [5.74, 6) is 2.19. The molecule has 1 aliphatic rings. The minimum absolute atomic E-state index is 0.225. The van der Waals surface area contributed by atoms with E-state index in [-0.39, 0.29) is 6.09 Å². The monoisotopic (exact) mass is 544 g/mol. The van der Waals surface area contributed by atoms with Crippen LogP contribution in [0.15, 0.2) is 47.9 Å². The molecular formula is C30H40N8O2. The average molecular weight is 545 g/mol. The molecule has 40 heavy (non-hydrogen) atoms. The number of pyridine rings is 2. The van der Waals surface area contributed by atoms with Gasteiger partial charge in [0.1, 0.15) is 11.4 Å². The van der Waals surface area contributed by atoms with E-state index in [1.165, 1.54) is 0 Å². The van der Waals surface area contributed by atoms with Crippen molar-refractivity contribution in [2.24, 2.45) is 16.6 Å². The number of carbonyl (C=O) groups excluding carboxylic acids is 1. The normalized spacial score (nSPS) is 15.2. The van der Waals surface area contributed by atoms with Crippen LogP contribution in [0.1, 0.15) is 70.9 Å². The predicted octanol–water partition coefficient (Wildman–Crippen LogP) is 5.69. The van der Waals surface area contributed by atoms with Gasteiger partial charge in [-0.2, -0.15) is 5.10 Å². The van der Waals surface area contributed by atoms with Crippen LogP contribution in [0.5, 0.6) is 0 Å². The lowest BCUT2D eigenvalue weighted by Crippen LogP contribution is -2.41. The molecule has 10 heteroatoms. The molecule has 0 unspecified atom stereocenters. The van der Waals surface area contributed by atoms with Gasteiger partial charge >= 0.3 is 6.09 Å². The Balaban J connectivity index is 1.33. The number of amides is 1. The van der Waals surface area contributed by atoms with Gasteiger partial charge in [-0.15, -0.1) is 5.10 Å². The molecule has 4 heterocycles. The Labute approximate surface area is 236 Å². The highest BCUT2D eigenvalue weighted by Gasteiger charge is 2.26. The second kappa shape index (κ2) is 12.8. The molecule has 0 aliphatic carbocycles. The summed E-state index contributed by atoms with van der Waals surface area (Å²) in [4.78, 5) is 28.0. The molecule has 0 radical (unpaired) electrons. The minimum Gasteiger partial charge on any atom is -0.444 e. The second-order valence-electron chi connectivity index (χ2n) is 11.5. The number of carbonyl (C=O) groups is 1. The number of hydrogen-bond acceptors (Lipinski definition) is 9. The van der Waals surface area contributed by atoms with Crippen molar-refractivity contribution in [2.75, 3.05) is 25.0 Å². The van der Waals surface area contributed by atoms with Gasteiger partial charge in [0.2, 0.25) is 0 Å². The molecule has 3 N–H and O–H groups in total. The van der Waals surface area contributed by atoms with Crippen molar-refractivity contribution in [3.63, 3.8) is 0 Å². The lowest BCUT2D eigenvalue weighted by atomic mass is 9.94. The Morgan fingerprint density at radius 1 is 1.18 bits per heavy atom. The number of nitrogens with two attached hydrogens (primary N) is 1. The van der Waals surface area contributed by atoms with E-state index in [4.69, 9.17) is 15.5 Å². The van der Waals surface area contributed by atoms with Crippen LogP contribution in [-0.2, 0) is 4.74 Å². The van der Waals surface area contributed by atoms with E-state index in [2.05, 4.69) is 39.3 Å². The summed E-state index contributed by atoms with van der Waals surface area (Å²) in [7, 11) is 0. The molecule has 4 rings (SSSR count). The van der Waals surface area contributed by atoms with Crippen LogP contribution in [-0.4, -0.2) is 62.6 Å². The van der Waals surface area contributed by atoms with E-state index >= 15 is 0 Å². The summed E-state index contributed by atoms with van der Waals surface area (Å²) in [5.41, 5.74) is 9.73. The van der Waals surface area contributed by atoms with Gasteiger partial charge in [0, 0.05) is 49.4 Å². The number of anilines is 2. The molecule has 1 fully saturated rings. The average Bonchev–Trinajstić information content (AvgIpc) is 2.92. The SMILES string of the molecule is CC(C)c1cnnc(Nc2ccc3ncc(C(C=NCCC4CCN(C(=O)OC(C)(C)C)CC4)=CN)cc3n2)c1. The number of fused-ring (bicyclic) bond motifs is 1. The van der Waals surface area contributed by atoms with Crippen molar-refractivity contribution in [2.45, 2.75) is 65.4 Å². The van der Waals surface area contributed by atoms with Gasteiger partial charge in [-0.05, 0) is 81.7 Å². The fourth-order valence-electron chi connectivity index (χ4n) is 4.49. The maximum Gasteiger partial charge on any atom is 0.410 e. The number of aromatic nitrogens is 4. The molecule has 3 aromatic rings. The summed E-state index contributed by atoms with van der Waals surface area (Å²) >= 11 is 0. The molecule has 10 nitrogen and oxygen atoms in total. The van der Waals surface area contributed by atoms with Crippen LogP contribution < -0.4 is 11.1 Å². The highest BCUT2D eigenvalue weighted by molar-refractivity contribution is 6.10. The van der Waals surface area contributed by atoms with Crippen molar-refractivity contribution in [3.8, 4) is 0 Å². The second-order valence-corrected chi connectivity index (χ2v) is 11.5. The molecule has 1 saturated heterocycles. The molecule has 3 aromatic heterocycles. The Bertz CT molecular complexity index is 1370.